The summed E-state index contributed by atoms with van der Waals surface area (Å²) in [6.07, 6.45) is 0. The van der Waals surface area contributed by atoms with Crippen LogP contribution in [0.2, 0.25) is 0 Å². The van der Waals surface area contributed by atoms with E-state index < -0.39 is 0 Å². The molecule has 1 aromatic rings. The second kappa shape index (κ2) is 2.97. The van der Waals surface area contributed by atoms with E-state index >= 15 is 0 Å². The highest BCUT2D eigenvalue weighted by atomic mass is 16.1. The van der Waals surface area contributed by atoms with E-state index in [0.717, 1.165) is 5.69 Å². The highest BCUT2D eigenvalue weighted by Gasteiger charge is 2.08. The topological polar surface area (TPSA) is 71.8 Å². The van der Waals surface area contributed by atoms with Crippen LogP contribution in [0.4, 0.5) is 5.95 Å². The molecule has 0 aliphatic heterocycles. The molecule has 0 aliphatic rings. The lowest BCUT2D eigenvalue weighted by Crippen LogP contribution is -2.17. The van der Waals surface area contributed by atoms with Crippen LogP contribution in [0.3, 0.4) is 0 Å². The number of aromatic nitrogens is 2. The van der Waals surface area contributed by atoms with Gasteiger partial charge < -0.3 is 5.73 Å². The fraction of sp³-hybridized carbons (Fsp3) is 0.500. The minimum absolute atomic E-state index is 0.147. The quantitative estimate of drug-likeness (QED) is 0.649. The van der Waals surface area contributed by atoms with E-state index in [2.05, 4.69) is 9.97 Å². The van der Waals surface area contributed by atoms with Crippen LogP contribution in [0, 0.1) is 6.92 Å². The molecule has 66 valence electrons. The summed E-state index contributed by atoms with van der Waals surface area (Å²) in [5.74, 6) is 0.420. The summed E-state index contributed by atoms with van der Waals surface area (Å²) in [7, 11) is 0. The van der Waals surface area contributed by atoms with Gasteiger partial charge in [0, 0.05) is 5.56 Å². The molecule has 0 amide bonds. The van der Waals surface area contributed by atoms with Gasteiger partial charge in [-0.25, -0.2) is 4.98 Å². The zero-order valence-electron chi connectivity index (χ0n) is 7.51. The van der Waals surface area contributed by atoms with Crippen molar-refractivity contribution in [3.05, 3.63) is 21.6 Å². The second-order valence-electron chi connectivity index (χ2n) is 3.12. The van der Waals surface area contributed by atoms with Crippen molar-refractivity contribution < 1.29 is 0 Å². The van der Waals surface area contributed by atoms with Crippen molar-refractivity contribution in [3.63, 3.8) is 0 Å². The first-order chi connectivity index (χ1) is 5.52. The summed E-state index contributed by atoms with van der Waals surface area (Å²) in [5.41, 5.74) is 6.68. The molecule has 0 aromatic carbocycles. The number of hydrogen-bond donors (Lipinski definition) is 2. The Morgan fingerprint density at radius 3 is 2.58 bits per heavy atom. The molecule has 0 spiro atoms. The van der Waals surface area contributed by atoms with Gasteiger partial charge in [0.2, 0.25) is 5.95 Å². The van der Waals surface area contributed by atoms with Crippen LogP contribution >= 0.6 is 0 Å². The van der Waals surface area contributed by atoms with Crippen molar-refractivity contribution in [2.45, 2.75) is 26.7 Å². The van der Waals surface area contributed by atoms with E-state index in [-0.39, 0.29) is 17.4 Å². The minimum atomic E-state index is -0.147. The molecule has 4 heteroatoms. The third kappa shape index (κ3) is 1.47. The Balaban J connectivity index is 3.38. The van der Waals surface area contributed by atoms with E-state index in [0.29, 0.717) is 5.56 Å². The summed E-state index contributed by atoms with van der Waals surface area (Å²) in [5, 5.41) is 0. The third-order valence-corrected chi connectivity index (χ3v) is 1.75. The molecule has 0 aliphatic carbocycles. The van der Waals surface area contributed by atoms with E-state index in [1.54, 1.807) is 6.92 Å². The van der Waals surface area contributed by atoms with Crippen LogP contribution in [0.5, 0.6) is 0 Å². The number of H-pyrrole nitrogens is 1. The molecule has 0 saturated carbocycles. The molecular weight excluding hydrogens is 154 g/mol. The Bertz CT molecular complexity index is 341. The summed E-state index contributed by atoms with van der Waals surface area (Å²) >= 11 is 0. The normalized spacial score (nSPS) is 10.7. The first kappa shape index (κ1) is 8.77. The van der Waals surface area contributed by atoms with Gasteiger partial charge in [0.15, 0.2) is 0 Å². The van der Waals surface area contributed by atoms with Crippen LogP contribution in [-0.2, 0) is 0 Å². The van der Waals surface area contributed by atoms with E-state index in [1.807, 2.05) is 13.8 Å². The summed E-state index contributed by atoms with van der Waals surface area (Å²) in [6.45, 7) is 5.71. The van der Waals surface area contributed by atoms with Crippen molar-refractivity contribution in [2.75, 3.05) is 5.73 Å². The van der Waals surface area contributed by atoms with E-state index in [4.69, 9.17) is 5.73 Å². The number of anilines is 1. The highest BCUT2D eigenvalue weighted by Crippen LogP contribution is 2.12. The number of hydrogen-bond acceptors (Lipinski definition) is 3. The van der Waals surface area contributed by atoms with Crippen molar-refractivity contribution >= 4 is 5.95 Å². The Labute approximate surface area is 70.8 Å². The molecular formula is C8H13N3O. The second-order valence-corrected chi connectivity index (χ2v) is 3.12. The number of aromatic amines is 1. The van der Waals surface area contributed by atoms with Gasteiger partial charge in [-0.15, -0.1) is 0 Å². The fourth-order valence-electron chi connectivity index (χ4n) is 1.13. The van der Waals surface area contributed by atoms with Crippen molar-refractivity contribution in [3.8, 4) is 0 Å². The average Bonchev–Trinajstić information content (AvgIpc) is 1.96. The number of rotatable bonds is 1. The van der Waals surface area contributed by atoms with Gasteiger partial charge in [0.1, 0.15) is 0 Å². The molecule has 1 rings (SSSR count). The lowest BCUT2D eigenvalue weighted by molar-refractivity contribution is 0.799. The molecule has 0 atom stereocenters. The Morgan fingerprint density at radius 2 is 2.08 bits per heavy atom. The number of nitrogen functional groups attached to an aromatic ring is 1. The third-order valence-electron chi connectivity index (χ3n) is 1.75. The molecule has 1 heterocycles. The van der Waals surface area contributed by atoms with Gasteiger partial charge in [0.25, 0.3) is 5.56 Å². The van der Waals surface area contributed by atoms with Crippen LogP contribution in [-0.4, -0.2) is 9.97 Å². The highest BCUT2D eigenvalue weighted by molar-refractivity contribution is 5.26. The fourth-order valence-corrected chi connectivity index (χ4v) is 1.13. The standard InChI is InChI=1S/C8H13N3O/c1-4(2)6-5(3)7(12)11-8(9)10-6/h4H,1-3H3,(H3,9,10,11,12). The lowest BCUT2D eigenvalue weighted by atomic mass is 10.1. The molecule has 0 saturated heterocycles. The average molecular weight is 167 g/mol. The van der Waals surface area contributed by atoms with Gasteiger partial charge in [-0.3, -0.25) is 9.78 Å². The molecule has 0 bridgehead atoms. The van der Waals surface area contributed by atoms with Gasteiger partial charge in [0.05, 0.1) is 5.69 Å². The van der Waals surface area contributed by atoms with E-state index in [1.165, 1.54) is 0 Å². The Hall–Kier alpha value is -1.32. The van der Waals surface area contributed by atoms with Crippen LogP contribution < -0.4 is 11.3 Å². The molecule has 0 radical (unpaired) electrons. The van der Waals surface area contributed by atoms with Crippen LogP contribution in [0.15, 0.2) is 4.79 Å². The number of nitrogens with zero attached hydrogens (tertiary/aromatic N) is 1. The van der Waals surface area contributed by atoms with Crippen LogP contribution in [0.25, 0.3) is 0 Å². The largest absolute Gasteiger partial charge is 0.369 e. The lowest BCUT2D eigenvalue weighted by Gasteiger charge is -2.07. The summed E-state index contributed by atoms with van der Waals surface area (Å²) < 4.78 is 0. The number of nitrogens with two attached hydrogens (primary N) is 1. The van der Waals surface area contributed by atoms with Crippen molar-refractivity contribution in [1.82, 2.24) is 9.97 Å². The Morgan fingerprint density at radius 1 is 1.50 bits per heavy atom. The van der Waals surface area contributed by atoms with Gasteiger partial charge in [-0.1, -0.05) is 13.8 Å². The maximum atomic E-state index is 11.2. The maximum Gasteiger partial charge on any atom is 0.255 e. The minimum Gasteiger partial charge on any atom is -0.369 e. The smallest absolute Gasteiger partial charge is 0.255 e. The molecule has 0 unspecified atom stereocenters. The monoisotopic (exact) mass is 167 g/mol. The SMILES string of the molecule is Cc1c(C(C)C)nc(N)[nH]c1=O. The zero-order chi connectivity index (χ0) is 9.30. The summed E-state index contributed by atoms with van der Waals surface area (Å²) in [4.78, 5) is 17.7. The van der Waals surface area contributed by atoms with Gasteiger partial charge >= 0.3 is 0 Å². The van der Waals surface area contributed by atoms with Crippen molar-refractivity contribution in [2.24, 2.45) is 0 Å². The molecule has 0 fully saturated rings. The first-order valence-corrected chi connectivity index (χ1v) is 3.88. The van der Waals surface area contributed by atoms with Gasteiger partial charge in [-0.2, -0.15) is 0 Å². The van der Waals surface area contributed by atoms with Gasteiger partial charge in [-0.05, 0) is 12.8 Å². The molecule has 4 nitrogen and oxygen atoms in total. The number of nitrogens with one attached hydrogen (secondary N) is 1. The van der Waals surface area contributed by atoms with E-state index in [9.17, 15) is 4.79 Å². The Kier molecular flexibility index (Phi) is 2.17. The first-order valence-electron chi connectivity index (χ1n) is 3.88. The molecule has 12 heavy (non-hydrogen) atoms. The molecule has 3 N–H and O–H groups in total. The maximum absolute atomic E-state index is 11.2. The zero-order valence-corrected chi connectivity index (χ0v) is 7.51. The van der Waals surface area contributed by atoms with Crippen molar-refractivity contribution in [1.29, 1.82) is 0 Å². The van der Waals surface area contributed by atoms with Crippen LogP contribution in [0.1, 0.15) is 31.0 Å². The predicted molar refractivity (Wildman–Crippen MR) is 48.1 cm³/mol. The molecule has 1 aromatic heterocycles. The summed E-state index contributed by atoms with van der Waals surface area (Å²) in [6, 6.07) is 0. The predicted octanol–water partition coefficient (Wildman–Crippen LogP) is 0.784.